The summed E-state index contributed by atoms with van der Waals surface area (Å²) in [6.45, 7) is 0. The highest BCUT2D eigenvalue weighted by atomic mass is 35.5. The third-order valence-corrected chi connectivity index (χ3v) is 4.46. The number of unbranched alkanes of at least 4 members (excludes halogenated alkanes) is 1. The zero-order valence-corrected chi connectivity index (χ0v) is 17.2. The highest BCUT2D eigenvalue weighted by Crippen LogP contribution is 2.16. The van der Waals surface area contributed by atoms with Crippen molar-refractivity contribution in [3.8, 4) is 0 Å². The summed E-state index contributed by atoms with van der Waals surface area (Å²) in [7, 11) is 1.85. The van der Waals surface area contributed by atoms with E-state index in [-0.39, 0.29) is 30.6 Å². The Labute approximate surface area is 176 Å². The summed E-state index contributed by atoms with van der Waals surface area (Å²) >= 11 is 0. The van der Waals surface area contributed by atoms with Gasteiger partial charge in [0.2, 0.25) is 5.91 Å². The quantitative estimate of drug-likeness (QED) is 0.168. The molecule has 29 heavy (non-hydrogen) atoms. The lowest BCUT2D eigenvalue weighted by Crippen LogP contribution is -3.00. The molecule has 2 rings (SSSR count). The van der Waals surface area contributed by atoms with E-state index in [0.717, 1.165) is 24.0 Å². The van der Waals surface area contributed by atoms with Crippen LogP contribution in [0, 0.1) is 5.41 Å². The summed E-state index contributed by atoms with van der Waals surface area (Å²) in [5, 5.41) is 19.4. The first kappa shape index (κ1) is 24.1. The summed E-state index contributed by atoms with van der Waals surface area (Å²) in [4.78, 5) is 23.4. The minimum Gasteiger partial charge on any atom is -1.00 e. The van der Waals surface area contributed by atoms with Crippen molar-refractivity contribution in [2.75, 3.05) is 0 Å². The number of benzene rings is 1. The number of rotatable bonds is 10. The van der Waals surface area contributed by atoms with Crippen molar-refractivity contribution < 1.29 is 31.7 Å². The number of carbonyl (C=O) groups excluding carboxylic acids is 1. The van der Waals surface area contributed by atoms with Crippen LogP contribution in [0.2, 0.25) is 0 Å². The number of nitrogens with two attached hydrogens (primary N) is 1. The second-order valence-corrected chi connectivity index (χ2v) is 6.84. The Hall–Kier alpha value is -2.93. The van der Waals surface area contributed by atoms with Crippen LogP contribution in [0.4, 0.5) is 0 Å². The van der Waals surface area contributed by atoms with Gasteiger partial charge in [-0.05, 0) is 30.9 Å². The fourth-order valence-electron chi connectivity index (χ4n) is 2.98. The first-order chi connectivity index (χ1) is 13.3. The van der Waals surface area contributed by atoms with E-state index >= 15 is 0 Å². The molecule has 1 unspecified atom stereocenters. The molecule has 0 saturated carbocycles. The molecule has 1 aromatic heterocycles. The number of halogens is 1. The van der Waals surface area contributed by atoms with Gasteiger partial charge in [0.15, 0.2) is 12.4 Å². The van der Waals surface area contributed by atoms with Crippen molar-refractivity contribution >= 4 is 17.7 Å². The molecule has 7 nitrogen and oxygen atoms in total. The lowest BCUT2D eigenvalue weighted by Gasteiger charge is -2.16. The topological polar surface area (TPSA) is 120 Å². The van der Waals surface area contributed by atoms with E-state index in [2.05, 4.69) is 5.32 Å². The van der Waals surface area contributed by atoms with Crippen molar-refractivity contribution in [3.05, 3.63) is 65.5 Å². The Balaban J connectivity index is 0.00000420. The molecule has 1 heterocycles. The van der Waals surface area contributed by atoms with Crippen LogP contribution in [0.5, 0.6) is 0 Å². The lowest BCUT2D eigenvalue weighted by molar-refractivity contribution is -0.672. The maximum atomic E-state index is 12.3. The number of nitrogens with one attached hydrogen (secondary N) is 2. The molecule has 156 valence electrons. The summed E-state index contributed by atoms with van der Waals surface area (Å²) in [5.41, 5.74) is 8.04. The van der Waals surface area contributed by atoms with Crippen LogP contribution < -0.4 is 28.0 Å². The lowest BCUT2D eigenvalue weighted by atomic mass is 10.0. The largest absolute Gasteiger partial charge is 1.00 e. The molecule has 8 heteroatoms. The summed E-state index contributed by atoms with van der Waals surface area (Å²) in [6.07, 6.45) is 6.25. The summed E-state index contributed by atoms with van der Waals surface area (Å²) in [6, 6.07) is 10.6. The minimum absolute atomic E-state index is 0. The Bertz CT molecular complexity index is 840. The smallest absolute Gasteiger partial charge is 0.305 e. The van der Waals surface area contributed by atoms with Gasteiger partial charge in [-0.15, -0.1) is 0 Å². The zero-order valence-electron chi connectivity index (χ0n) is 16.4. The number of nitrogens with zero attached hydrogens (tertiary/aromatic N) is 1. The molecule has 0 aliphatic carbocycles. The van der Waals surface area contributed by atoms with Gasteiger partial charge in [0, 0.05) is 23.6 Å². The molecule has 0 aliphatic heterocycles. The number of carbonyl (C=O) groups is 2. The number of amides is 1. The molecule has 2 aromatic rings. The van der Waals surface area contributed by atoms with Crippen LogP contribution >= 0.6 is 0 Å². The van der Waals surface area contributed by atoms with Gasteiger partial charge >= 0.3 is 5.97 Å². The van der Waals surface area contributed by atoms with Gasteiger partial charge in [-0.2, -0.15) is 0 Å². The van der Waals surface area contributed by atoms with E-state index in [1.54, 1.807) is 0 Å². The van der Waals surface area contributed by atoms with Crippen LogP contribution in [0.3, 0.4) is 0 Å². The highest BCUT2D eigenvalue weighted by Gasteiger charge is 2.20. The van der Waals surface area contributed by atoms with Gasteiger partial charge < -0.3 is 28.6 Å². The first-order valence-electron chi connectivity index (χ1n) is 9.25. The van der Waals surface area contributed by atoms with E-state index in [0.29, 0.717) is 18.4 Å². The van der Waals surface area contributed by atoms with Crippen LogP contribution in [0.25, 0.3) is 0 Å². The maximum absolute atomic E-state index is 12.3. The Kier molecular flexibility index (Phi) is 9.82. The number of aliphatic carboxylic acids is 1. The number of aryl methyl sites for hydroxylation is 2. The molecule has 5 N–H and O–H groups in total. The Morgan fingerprint density at radius 3 is 2.48 bits per heavy atom. The molecule has 0 spiro atoms. The van der Waals surface area contributed by atoms with Gasteiger partial charge in [0.25, 0.3) is 0 Å². The summed E-state index contributed by atoms with van der Waals surface area (Å²) < 4.78 is 1.83. The zero-order chi connectivity index (χ0) is 20.5. The second-order valence-electron chi connectivity index (χ2n) is 6.84. The maximum Gasteiger partial charge on any atom is 0.305 e. The van der Waals surface area contributed by atoms with Crippen molar-refractivity contribution in [2.45, 2.75) is 38.1 Å². The SMILES string of the molecule is C[n+]1cccc(C(CC(=O)O)NC(=O)CCCCc2ccc(C(=N)N)cc2)c1.[Cl-]. The van der Waals surface area contributed by atoms with Gasteiger partial charge in [-0.25, -0.2) is 4.57 Å². The van der Waals surface area contributed by atoms with Crippen LogP contribution in [-0.2, 0) is 23.1 Å². The Morgan fingerprint density at radius 1 is 1.21 bits per heavy atom. The second kappa shape index (κ2) is 11.8. The third kappa shape index (κ3) is 8.31. The number of amidine groups is 1. The average Bonchev–Trinajstić information content (AvgIpc) is 2.65. The molecular weight excluding hydrogens is 392 g/mol. The van der Waals surface area contributed by atoms with Gasteiger partial charge in [0.05, 0.1) is 12.5 Å². The van der Waals surface area contributed by atoms with E-state index < -0.39 is 12.0 Å². The number of carboxylic acid groups (broad SMARTS) is 1. The van der Waals surface area contributed by atoms with E-state index in [1.165, 1.54) is 0 Å². The average molecular weight is 419 g/mol. The molecule has 1 aromatic carbocycles. The fourth-order valence-corrected chi connectivity index (χ4v) is 2.98. The van der Waals surface area contributed by atoms with E-state index in [9.17, 15) is 9.59 Å². The number of carboxylic acids is 1. The normalized spacial score (nSPS) is 11.2. The molecule has 1 amide bonds. The molecule has 0 aliphatic rings. The van der Waals surface area contributed by atoms with E-state index in [4.69, 9.17) is 16.2 Å². The number of pyridine rings is 1. The first-order valence-corrected chi connectivity index (χ1v) is 9.25. The van der Waals surface area contributed by atoms with Crippen LogP contribution in [0.15, 0.2) is 48.8 Å². The third-order valence-electron chi connectivity index (χ3n) is 4.46. The number of hydrogen-bond acceptors (Lipinski definition) is 3. The predicted molar refractivity (Wildman–Crippen MR) is 106 cm³/mol. The minimum atomic E-state index is -0.953. The standard InChI is InChI=1S/C21H26N4O3.ClH/c1-25-12-4-6-17(14-25)18(13-20(27)28)24-19(26)7-3-2-5-15-8-10-16(11-9-15)21(22)23;/h4,6,8-12,14,18H,2-3,5,7,13H2,1H3,(H4-,22,23,24,26,27,28);1H. The monoisotopic (exact) mass is 418 g/mol. The predicted octanol–water partition coefficient (Wildman–Crippen LogP) is -1.16. The van der Waals surface area contributed by atoms with Gasteiger partial charge in [-0.1, -0.05) is 24.3 Å². The molecule has 0 bridgehead atoms. The van der Waals surface area contributed by atoms with Crippen molar-refractivity contribution in [3.63, 3.8) is 0 Å². The molecular formula is C21H27ClN4O3. The van der Waals surface area contributed by atoms with Crippen molar-refractivity contribution in [1.29, 1.82) is 5.41 Å². The van der Waals surface area contributed by atoms with Gasteiger partial charge in [-0.3, -0.25) is 15.0 Å². The number of nitrogen functional groups attached to an aromatic ring is 1. The van der Waals surface area contributed by atoms with Gasteiger partial charge in [0.1, 0.15) is 12.9 Å². The molecule has 0 radical (unpaired) electrons. The molecule has 0 saturated heterocycles. The number of aromatic nitrogens is 1. The van der Waals surface area contributed by atoms with Crippen molar-refractivity contribution in [2.24, 2.45) is 12.8 Å². The molecule has 1 atom stereocenters. The summed E-state index contributed by atoms with van der Waals surface area (Å²) in [5.74, 6) is -1.05. The van der Waals surface area contributed by atoms with Crippen molar-refractivity contribution in [1.82, 2.24) is 5.32 Å². The highest BCUT2D eigenvalue weighted by molar-refractivity contribution is 5.94. The van der Waals surface area contributed by atoms with E-state index in [1.807, 2.05) is 60.4 Å². The van der Waals surface area contributed by atoms with Crippen LogP contribution in [0.1, 0.15) is 48.4 Å². The fraction of sp³-hybridized carbons (Fsp3) is 0.333. The number of hydrogen-bond donors (Lipinski definition) is 4. The molecule has 0 fully saturated rings. The van der Waals surface area contributed by atoms with Crippen LogP contribution in [-0.4, -0.2) is 22.8 Å². The Morgan fingerprint density at radius 2 is 1.90 bits per heavy atom.